The average Bonchev–Trinajstić information content (AvgIpc) is 4.00. The lowest BCUT2D eigenvalue weighted by atomic mass is 9.75. The zero-order valence-electron chi connectivity index (χ0n) is 29.7. The lowest BCUT2D eigenvalue weighted by Gasteiger charge is -2.43. The second-order valence-corrected chi connectivity index (χ2v) is 15.2. The highest BCUT2D eigenvalue weighted by Crippen LogP contribution is 2.56. The van der Waals surface area contributed by atoms with Gasteiger partial charge in [-0.15, -0.1) is 0 Å². The molecule has 0 spiro atoms. The molecule has 1 aromatic heterocycles. The molecule has 2 heterocycles. The SMILES string of the molecule is CCc1ccc2ccc(CC(C)C(C)(C)C(=O)O[C@H](C(=O)C3([C@@H](COC)C(C)N4CCC[C@@H](C(=O)C5C=C5)N4)CC3)C(C)C)cc2n1. The van der Waals surface area contributed by atoms with Crippen molar-refractivity contribution in [1.82, 2.24) is 15.4 Å². The minimum atomic E-state index is -0.843. The van der Waals surface area contributed by atoms with Crippen LogP contribution >= 0.6 is 0 Å². The van der Waals surface area contributed by atoms with Crippen LogP contribution in [0, 0.1) is 34.5 Å². The van der Waals surface area contributed by atoms with Crippen molar-refractivity contribution < 1.29 is 23.9 Å². The number of aryl methyl sites for hydroxylation is 1. The average molecular weight is 646 g/mol. The van der Waals surface area contributed by atoms with Crippen molar-refractivity contribution >= 4 is 28.4 Å². The van der Waals surface area contributed by atoms with Gasteiger partial charge >= 0.3 is 5.97 Å². The smallest absolute Gasteiger partial charge is 0.312 e. The number of nitrogens with one attached hydrogen (secondary N) is 1. The highest BCUT2D eigenvalue weighted by atomic mass is 16.5. The number of hydrogen-bond acceptors (Lipinski definition) is 8. The molecule has 8 heteroatoms. The van der Waals surface area contributed by atoms with Crippen LogP contribution in [0.4, 0.5) is 0 Å². The van der Waals surface area contributed by atoms with E-state index in [1.165, 1.54) is 0 Å². The number of aromatic nitrogens is 1. The van der Waals surface area contributed by atoms with Crippen LogP contribution in [-0.4, -0.2) is 66.0 Å². The third kappa shape index (κ3) is 7.55. The molecule has 2 unspecified atom stereocenters. The molecule has 1 aromatic carbocycles. The molecule has 2 aliphatic carbocycles. The number of ether oxygens (including phenoxy) is 2. The van der Waals surface area contributed by atoms with E-state index in [-0.39, 0.29) is 53.3 Å². The highest BCUT2D eigenvalue weighted by Gasteiger charge is 2.60. The van der Waals surface area contributed by atoms with Crippen molar-refractivity contribution in [3.8, 4) is 0 Å². The fraction of sp³-hybridized carbons (Fsp3) is 0.641. The molecule has 0 bridgehead atoms. The van der Waals surface area contributed by atoms with Gasteiger partial charge in [-0.2, -0.15) is 0 Å². The van der Waals surface area contributed by atoms with Crippen molar-refractivity contribution in [2.45, 2.75) is 105 Å². The molecule has 5 rings (SSSR count). The van der Waals surface area contributed by atoms with Gasteiger partial charge in [-0.25, -0.2) is 10.4 Å². The molecule has 1 saturated heterocycles. The number of rotatable bonds is 16. The Morgan fingerprint density at radius 1 is 1.09 bits per heavy atom. The minimum absolute atomic E-state index is 0.00245. The zero-order valence-corrected chi connectivity index (χ0v) is 29.7. The van der Waals surface area contributed by atoms with Crippen LogP contribution in [-0.2, 0) is 36.7 Å². The predicted octanol–water partition coefficient (Wildman–Crippen LogP) is 6.29. The van der Waals surface area contributed by atoms with Gasteiger partial charge in [0.1, 0.15) is 0 Å². The van der Waals surface area contributed by atoms with Crippen LogP contribution in [0.15, 0.2) is 42.5 Å². The zero-order chi connectivity index (χ0) is 34.1. The van der Waals surface area contributed by atoms with Crippen LogP contribution in [0.2, 0.25) is 0 Å². The van der Waals surface area contributed by atoms with Crippen LogP contribution in [0.1, 0.15) is 85.4 Å². The summed E-state index contributed by atoms with van der Waals surface area (Å²) >= 11 is 0. The molecule has 0 amide bonds. The van der Waals surface area contributed by atoms with Crippen molar-refractivity contribution in [3.63, 3.8) is 0 Å². The van der Waals surface area contributed by atoms with E-state index < -0.39 is 16.9 Å². The van der Waals surface area contributed by atoms with E-state index in [4.69, 9.17) is 14.5 Å². The van der Waals surface area contributed by atoms with Crippen LogP contribution in [0.5, 0.6) is 0 Å². The Labute approximate surface area is 281 Å². The number of allylic oxidation sites excluding steroid dienone is 2. The van der Waals surface area contributed by atoms with E-state index in [0.717, 1.165) is 60.8 Å². The summed E-state index contributed by atoms with van der Waals surface area (Å²) in [7, 11) is 1.67. The summed E-state index contributed by atoms with van der Waals surface area (Å²) < 4.78 is 12.0. The fourth-order valence-electron chi connectivity index (χ4n) is 7.27. The third-order valence-corrected chi connectivity index (χ3v) is 11.3. The normalized spacial score (nSPS) is 22.1. The number of carbonyl (C=O) groups is 3. The maximum atomic E-state index is 14.5. The fourth-order valence-corrected chi connectivity index (χ4v) is 7.27. The van der Waals surface area contributed by atoms with Gasteiger partial charge in [-0.3, -0.25) is 19.4 Å². The maximum absolute atomic E-state index is 14.5. The Bertz CT molecular complexity index is 1490. The van der Waals surface area contributed by atoms with Crippen LogP contribution in [0.25, 0.3) is 10.9 Å². The highest BCUT2D eigenvalue weighted by molar-refractivity contribution is 5.94. The first kappa shape index (κ1) is 35.4. The Morgan fingerprint density at radius 2 is 1.79 bits per heavy atom. The Balaban J connectivity index is 1.28. The number of carbonyl (C=O) groups excluding carboxylic acids is 3. The second kappa shape index (κ2) is 14.3. The van der Waals surface area contributed by atoms with Crippen molar-refractivity contribution in [3.05, 3.63) is 53.7 Å². The molecule has 2 fully saturated rings. The van der Waals surface area contributed by atoms with Crippen molar-refractivity contribution in [1.29, 1.82) is 0 Å². The van der Waals surface area contributed by atoms with E-state index in [1.54, 1.807) is 7.11 Å². The number of methoxy groups -OCH3 is 1. The Kier molecular flexibility index (Phi) is 10.7. The lowest BCUT2D eigenvalue weighted by molar-refractivity contribution is -0.171. The molecule has 3 aliphatic rings. The van der Waals surface area contributed by atoms with Gasteiger partial charge in [0, 0.05) is 42.1 Å². The second-order valence-electron chi connectivity index (χ2n) is 15.2. The first-order valence-corrected chi connectivity index (χ1v) is 17.7. The molecule has 47 heavy (non-hydrogen) atoms. The number of nitrogens with zero attached hydrogens (tertiary/aromatic N) is 2. The summed E-state index contributed by atoms with van der Waals surface area (Å²) in [4.78, 5) is 46.1. The first-order chi connectivity index (χ1) is 22.3. The van der Waals surface area contributed by atoms with E-state index in [2.05, 4.69) is 61.5 Å². The van der Waals surface area contributed by atoms with Crippen LogP contribution in [0.3, 0.4) is 0 Å². The Morgan fingerprint density at radius 3 is 2.40 bits per heavy atom. The summed E-state index contributed by atoms with van der Waals surface area (Å²) in [5, 5.41) is 3.25. The summed E-state index contributed by atoms with van der Waals surface area (Å²) in [6.07, 6.45) is 7.82. The molecular weight excluding hydrogens is 590 g/mol. The largest absolute Gasteiger partial charge is 0.454 e. The molecule has 1 N–H and O–H groups in total. The predicted molar refractivity (Wildman–Crippen MR) is 184 cm³/mol. The Hall–Kier alpha value is -2.94. The number of hydrazine groups is 1. The van der Waals surface area contributed by atoms with E-state index in [0.29, 0.717) is 13.0 Å². The van der Waals surface area contributed by atoms with Gasteiger partial charge in [0.25, 0.3) is 0 Å². The van der Waals surface area contributed by atoms with Crippen molar-refractivity contribution in [2.75, 3.05) is 20.3 Å². The summed E-state index contributed by atoms with van der Waals surface area (Å²) in [6.45, 7) is 15.3. The molecule has 1 saturated carbocycles. The maximum Gasteiger partial charge on any atom is 0.312 e. The summed E-state index contributed by atoms with van der Waals surface area (Å²) in [5.74, 6) is -0.486. The topological polar surface area (TPSA) is 97.8 Å². The number of fused-ring (bicyclic) bond motifs is 1. The molecule has 2 aromatic rings. The van der Waals surface area contributed by atoms with Gasteiger partial charge in [0.05, 0.1) is 29.5 Å². The molecular formula is C39H55N3O5. The molecule has 8 nitrogen and oxygen atoms in total. The van der Waals surface area contributed by atoms with E-state index >= 15 is 0 Å². The van der Waals surface area contributed by atoms with Gasteiger partial charge in [-0.1, -0.05) is 58.0 Å². The van der Waals surface area contributed by atoms with Crippen LogP contribution < -0.4 is 5.43 Å². The number of esters is 1. The monoisotopic (exact) mass is 645 g/mol. The van der Waals surface area contributed by atoms with Gasteiger partial charge in [0.2, 0.25) is 0 Å². The van der Waals surface area contributed by atoms with Gasteiger partial charge < -0.3 is 9.47 Å². The number of pyridine rings is 1. The number of ketones is 2. The van der Waals surface area contributed by atoms with Gasteiger partial charge in [0.15, 0.2) is 17.7 Å². The summed E-state index contributed by atoms with van der Waals surface area (Å²) in [6, 6.07) is 10.2. The van der Waals surface area contributed by atoms with Crippen molar-refractivity contribution in [2.24, 2.45) is 34.5 Å². The number of benzene rings is 1. The number of Topliss-reactive ketones (excluding diaryl/α,β-unsaturated/α-hetero) is 2. The van der Waals surface area contributed by atoms with E-state index in [9.17, 15) is 14.4 Å². The van der Waals surface area contributed by atoms with Gasteiger partial charge in [-0.05, 0) is 88.8 Å². The summed E-state index contributed by atoms with van der Waals surface area (Å²) in [5.41, 5.74) is 5.20. The first-order valence-electron chi connectivity index (χ1n) is 17.7. The molecule has 5 atom stereocenters. The molecule has 256 valence electrons. The quantitative estimate of drug-likeness (QED) is 0.168. The van der Waals surface area contributed by atoms with E-state index in [1.807, 2.05) is 39.8 Å². The third-order valence-electron chi connectivity index (χ3n) is 11.3. The molecule has 1 aliphatic heterocycles. The number of hydrogen-bond donors (Lipinski definition) is 1. The minimum Gasteiger partial charge on any atom is -0.454 e. The molecule has 0 radical (unpaired) electrons. The lowest BCUT2D eigenvalue weighted by Crippen LogP contribution is -2.60. The standard InChI is InChI=1S/C39H55N3O5/c1-9-30-17-16-28-13-12-27(22-33(28)40-30)21-25(4)38(6,7)37(45)47-35(24(2)3)36(44)39(18-19-39)31(23-46-8)26(5)42-20-10-11-32(41-42)34(43)29-14-15-29/h12-17,22,24-26,29,31-32,35,41H,9-11,18-21,23H2,1-8H3/t25?,26?,31-,32-,35-/m0/s1.